The zero-order valence-electron chi connectivity index (χ0n) is 18.5. The van der Waals surface area contributed by atoms with Crippen molar-refractivity contribution in [2.75, 3.05) is 53.0 Å². The number of rotatable bonds is 8. The summed E-state index contributed by atoms with van der Waals surface area (Å²) in [5.41, 5.74) is 1.20. The zero-order valence-corrected chi connectivity index (χ0v) is 18.5. The molecule has 1 aromatic carbocycles. The van der Waals surface area contributed by atoms with Crippen LogP contribution in [0.1, 0.15) is 40.2 Å². The lowest BCUT2D eigenvalue weighted by molar-refractivity contribution is -0.00684. The van der Waals surface area contributed by atoms with Crippen molar-refractivity contribution in [3.05, 3.63) is 29.8 Å². The standard InChI is InChI=1S/C22H38N4O2/c1-7-23-20(25-17-22(4,5)26-11-13-28-14-12-26)24-16-21(2,3)18-9-8-10-19(15-18)27-6/h8-10,15H,7,11-14,16-17H2,1-6H3,(H2,23,24,25). The lowest BCUT2D eigenvalue weighted by Crippen LogP contribution is -2.52. The molecule has 0 bridgehead atoms. The summed E-state index contributed by atoms with van der Waals surface area (Å²) >= 11 is 0. The summed E-state index contributed by atoms with van der Waals surface area (Å²) in [5, 5.41) is 6.90. The number of hydrogen-bond acceptors (Lipinski definition) is 4. The van der Waals surface area contributed by atoms with Gasteiger partial charge in [0.15, 0.2) is 5.96 Å². The van der Waals surface area contributed by atoms with E-state index < -0.39 is 0 Å². The van der Waals surface area contributed by atoms with Crippen LogP contribution in [0.2, 0.25) is 0 Å². The van der Waals surface area contributed by atoms with Crippen molar-refractivity contribution < 1.29 is 9.47 Å². The van der Waals surface area contributed by atoms with Gasteiger partial charge in [0.05, 0.1) is 26.9 Å². The maximum atomic E-state index is 5.48. The molecule has 1 aromatic rings. The van der Waals surface area contributed by atoms with Crippen LogP contribution in [-0.4, -0.2) is 69.4 Å². The summed E-state index contributed by atoms with van der Waals surface area (Å²) in [7, 11) is 1.70. The lowest BCUT2D eigenvalue weighted by Gasteiger charge is -2.40. The van der Waals surface area contributed by atoms with Crippen LogP contribution in [0.4, 0.5) is 0 Å². The van der Waals surface area contributed by atoms with Crippen molar-refractivity contribution in [2.24, 2.45) is 4.99 Å². The van der Waals surface area contributed by atoms with E-state index in [2.05, 4.69) is 62.3 Å². The second kappa shape index (κ2) is 10.1. The van der Waals surface area contributed by atoms with Gasteiger partial charge < -0.3 is 20.1 Å². The minimum atomic E-state index is -0.0511. The third-order valence-electron chi connectivity index (χ3n) is 5.38. The molecule has 0 aliphatic carbocycles. The van der Waals surface area contributed by atoms with E-state index in [1.165, 1.54) is 5.56 Å². The molecule has 1 aliphatic rings. The molecular formula is C22H38N4O2. The van der Waals surface area contributed by atoms with E-state index in [4.69, 9.17) is 14.5 Å². The number of nitrogens with one attached hydrogen (secondary N) is 2. The first kappa shape index (κ1) is 22.5. The maximum Gasteiger partial charge on any atom is 0.191 e. The minimum Gasteiger partial charge on any atom is -0.497 e. The highest BCUT2D eigenvalue weighted by molar-refractivity contribution is 5.79. The maximum absolute atomic E-state index is 5.48. The molecule has 0 unspecified atom stereocenters. The monoisotopic (exact) mass is 390 g/mol. The molecule has 2 N–H and O–H groups in total. The molecule has 0 amide bonds. The van der Waals surface area contributed by atoms with Gasteiger partial charge in [-0.3, -0.25) is 9.89 Å². The van der Waals surface area contributed by atoms with E-state index in [-0.39, 0.29) is 11.0 Å². The van der Waals surface area contributed by atoms with Crippen LogP contribution < -0.4 is 15.4 Å². The van der Waals surface area contributed by atoms with Gasteiger partial charge in [-0.1, -0.05) is 26.0 Å². The number of morpholine rings is 1. The Kier molecular flexibility index (Phi) is 8.13. The van der Waals surface area contributed by atoms with E-state index in [1.54, 1.807) is 7.11 Å². The largest absolute Gasteiger partial charge is 0.497 e. The number of methoxy groups -OCH3 is 1. The fourth-order valence-corrected chi connectivity index (χ4v) is 3.33. The Morgan fingerprint density at radius 3 is 2.54 bits per heavy atom. The van der Waals surface area contributed by atoms with E-state index in [9.17, 15) is 0 Å². The van der Waals surface area contributed by atoms with Gasteiger partial charge in [-0.25, -0.2) is 0 Å². The second-order valence-corrected chi connectivity index (χ2v) is 8.58. The highest BCUT2D eigenvalue weighted by Crippen LogP contribution is 2.25. The Hall–Kier alpha value is -1.79. The van der Waals surface area contributed by atoms with Crippen LogP contribution in [-0.2, 0) is 10.2 Å². The van der Waals surface area contributed by atoms with Crippen molar-refractivity contribution in [3.8, 4) is 5.75 Å². The smallest absolute Gasteiger partial charge is 0.191 e. The molecular weight excluding hydrogens is 352 g/mol. The molecule has 0 atom stereocenters. The van der Waals surface area contributed by atoms with E-state index in [0.717, 1.165) is 57.6 Å². The average Bonchev–Trinajstić information content (AvgIpc) is 2.71. The Morgan fingerprint density at radius 1 is 1.18 bits per heavy atom. The van der Waals surface area contributed by atoms with Gasteiger partial charge in [0.25, 0.3) is 0 Å². The summed E-state index contributed by atoms with van der Waals surface area (Å²) < 4.78 is 10.9. The van der Waals surface area contributed by atoms with Crippen LogP contribution in [0, 0.1) is 0 Å². The van der Waals surface area contributed by atoms with Crippen molar-refractivity contribution >= 4 is 5.96 Å². The zero-order chi connectivity index (χ0) is 20.6. The third-order valence-corrected chi connectivity index (χ3v) is 5.38. The normalized spacial score (nSPS) is 16.7. The van der Waals surface area contributed by atoms with Crippen LogP contribution in [0.25, 0.3) is 0 Å². The third kappa shape index (κ3) is 6.38. The number of benzene rings is 1. The van der Waals surface area contributed by atoms with Gasteiger partial charge in [0.2, 0.25) is 0 Å². The van der Waals surface area contributed by atoms with E-state index in [0.29, 0.717) is 0 Å². The molecule has 1 saturated heterocycles. The first-order chi connectivity index (χ1) is 13.3. The predicted octanol–water partition coefficient (Wildman–Crippen LogP) is 2.64. The van der Waals surface area contributed by atoms with Gasteiger partial charge in [0, 0.05) is 37.1 Å². The highest BCUT2D eigenvalue weighted by Gasteiger charge is 2.28. The predicted molar refractivity (Wildman–Crippen MR) is 116 cm³/mol. The van der Waals surface area contributed by atoms with Gasteiger partial charge in [-0.05, 0) is 38.5 Å². The van der Waals surface area contributed by atoms with Crippen LogP contribution in [0.3, 0.4) is 0 Å². The van der Waals surface area contributed by atoms with E-state index >= 15 is 0 Å². The van der Waals surface area contributed by atoms with Crippen molar-refractivity contribution in [1.82, 2.24) is 15.5 Å². The molecule has 0 saturated carbocycles. The molecule has 0 radical (unpaired) electrons. The summed E-state index contributed by atoms with van der Waals surface area (Å²) in [6.45, 7) is 17.0. The van der Waals surface area contributed by atoms with Crippen molar-refractivity contribution in [1.29, 1.82) is 0 Å². The summed E-state index contributed by atoms with van der Waals surface area (Å²) in [4.78, 5) is 7.34. The molecule has 6 nitrogen and oxygen atoms in total. The summed E-state index contributed by atoms with van der Waals surface area (Å²) in [6.07, 6.45) is 0. The average molecular weight is 391 g/mol. The van der Waals surface area contributed by atoms with E-state index in [1.807, 2.05) is 12.1 Å². The van der Waals surface area contributed by atoms with Crippen LogP contribution in [0.15, 0.2) is 29.3 Å². The molecule has 158 valence electrons. The fraction of sp³-hybridized carbons (Fsp3) is 0.682. The molecule has 0 aromatic heterocycles. The SMILES string of the molecule is CCNC(=NCC(C)(C)N1CCOCC1)NCC(C)(C)c1cccc(OC)c1. The highest BCUT2D eigenvalue weighted by atomic mass is 16.5. The number of ether oxygens (including phenoxy) is 2. The van der Waals surface area contributed by atoms with Gasteiger partial charge in [0.1, 0.15) is 5.75 Å². The fourth-order valence-electron chi connectivity index (χ4n) is 3.33. The topological polar surface area (TPSA) is 58.1 Å². The van der Waals surface area contributed by atoms with Crippen LogP contribution >= 0.6 is 0 Å². The quantitative estimate of drug-likeness (QED) is 0.528. The summed E-state index contributed by atoms with van der Waals surface area (Å²) in [5.74, 6) is 1.75. The van der Waals surface area contributed by atoms with Crippen molar-refractivity contribution in [2.45, 2.75) is 45.6 Å². The Morgan fingerprint density at radius 2 is 1.89 bits per heavy atom. The molecule has 28 heavy (non-hydrogen) atoms. The van der Waals surface area contributed by atoms with Gasteiger partial charge in [-0.2, -0.15) is 0 Å². The molecule has 1 fully saturated rings. The lowest BCUT2D eigenvalue weighted by atomic mass is 9.84. The second-order valence-electron chi connectivity index (χ2n) is 8.58. The first-order valence-corrected chi connectivity index (χ1v) is 10.3. The summed E-state index contributed by atoms with van der Waals surface area (Å²) in [6, 6.07) is 8.27. The number of hydrogen-bond donors (Lipinski definition) is 2. The molecule has 1 aliphatic heterocycles. The van der Waals surface area contributed by atoms with Gasteiger partial charge >= 0.3 is 0 Å². The number of nitrogens with zero attached hydrogens (tertiary/aromatic N) is 2. The molecule has 0 spiro atoms. The molecule has 6 heteroatoms. The van der Waals surface area contributed by atoms with Gasteiger partial charge in [-0.15, -0.1) is 0 Å². The first-order valence-electron chi connectivity index (χ1n) is 10.3. The minimum absolute atomic E-state index is 0.00838. The Bertz CT molecular complexity index is 637. The number of guanidine groups is 1. The molecule has 1 heterocycles. The van der Waals surface area contributed by atoms with Crippen LogP contribution in [0.5, 0.6) is 5.75 Å². The Balaban J connectivity index is 2.01. The Labute approximate surface area is 170 Å². The molecule has 2 rings (SSSR count). The van der Waals surface area contributed by atoms with Crippen molar-refractivity contribution in [3.63, 3.8) is 0 Å². The number of aliphatic imine (C=N–C) groups is 1.